The largest absolute Gasteiger partial charge is 0.504 e. The van der Waals surface area contributed by atoms with Gasteiger partial charge in [-0.2, -0.15) is 0 Å². The zero-order valence-corrected chi connectivity index (χ0v) is 10.3. The molecule has 0 saturated heterocycles. The summed E-state index contributed by atoms with van der Waals surface area (Å²) in [5.74, 6) is 0.695. The molecule has 0 aliphatic heterocycles. The predicted octanol–water partition coefficient (Wildman–Crippen LogP) is 2.09. The maximum atomic E-state index is 9.91. The molecule has 0 spiro atoms. The summed E-state index contributed by atoms with van der Waals surface area (Å²) in [6.07, 6.45) is 3.53. The normalized spacial score (nSPS) is 10.3. The molecule has 0 unspecified atom stereocenters. The first-order valence-corrected chi connectivity index (χ1v) is 5.75. The zero-order valence-electron chi connectivity index (χ0n) is 10.3. The van der Waals surface area contributed by atoms with E-state index in [1.54, 1.807) is 25.6 Å². The van der Waals surface area contributed by atoms with E-state index in [0.717, 1.165) is 17.7 Å². The van der Waals surface area contributed by atoms with Gasteiger partial charge in [0.2, 0.25) is 0 Å². The van der Waals surface area contributed by atoms with Crippen LogP contribution in [0.5, 0.6) is 11.5 Å². The molecule has 0 saturated carbocycles. The topological polar surface area (TPSA) is 54.4 Å². The van der Waals surface area contributed by atoms with Crippen LogP contribution in [0.15, 0.2) is 42.7 Å². The summed E-state index contributed by atoms with van der Waals surface area (Å²) in [4.78, 5) is 3.96. The molecule has 4 nitrogen and oxygen atoms in total. The summed E-state index contributed by atoms with van der Waals surface area (Å²) < 4.78 is 5.06. The van der Waals surface area contributed by atoms with E-state index in [1.165, 1.54) is 0 Å². The Morgan fingerprint density at radius 3 is 2.67 bits per heavy atom. The highest BCUT2D eigenvalue weighted by Gasteiger charge is 2.06. The highest BCUT2D eigenvalue weighted by Crippen LogP contribution is 2.29. The van der Waals surface area contributed by atoms with Gasteiger partial charge < -0.3 is 15.2 Å². The van der Waals surface area contributed by atoms with Crippen molar-refractivity contribution in [3.8, 4) is 11.5 Å². The molecule has 2 aromatic rings. The van der Waals surface area contributed by atoms with Crippen LogP contribution in [0, 0.1) is 0 Å². The lowest BCUT2D eigenvalue weighted by Gasteiger charge is -2.09. The van der Waals surface area contributed by atoms with Gasteiger partial charge >= 0.3 is 0 Å². The van der Waals surface area contributed by atoms with E-state index < -0.39 is 0 Å². The number of aromatic nitrogens is 1. The first-order valence-electron chi connectivity index (χ1n) is 5.75. The Balaban J connectivity index is 1.95. The van der Waals surface area contributed by atoms with Crippen LogP contribution >= 0.6 is 0 Å². The lowest BCUT2D eigenvalue weighted by Crippen LogP contribution is -2.12. The molecule has 0 bridgehead atoms. The SMILES string of the molecule is COc1cccc(CNCc2ccncc2)c1O. The van der Waals surface area contributed by atoms with Crippen molar-refractivity contribution < 1.29 is 9.84 Å². The van der Waals surface area contributed by atoms with E-state index in [-0.39, 0.29) is 5.75 Å². The number of nitrogens with zero attached hydrogens (tertiary/aromatic N) is 1. The summed E-state index contributed by atoms with van der Waals surface area (Å²) in [6, 6.07) is 9.39. The molecule has 0 radical (unpaired) electrons. The second kappa shape index (κ2) is 6.02. The number of phenols is 1. The number of hydrogen-bond acceptors (Lipinski definition) is 4. The minimum atomic E-state index is 0.197. The summed E-state index contributed by atoms with van der Waals surface area (Å²) in [5.41, 5.74) is 1.98. The molecule has 1 aromatic carbocycles. The average Bonchev–Trinajstić information content (AvgIpc) is 2.42. The standard InChI is InChI=1S/C14H16N2O2/c1-18-13-4-2-3-12(14(13)17)10-16-9-11-5-7-15-8-6-11/h2-8,16-17H,9-10H2,1H3. The Kier molecular flexibility index (Phi) is 4.15. The van der Waals surface area contributed by atoms with Crippen molar-refractivity contribution in [3.63, 3.8) is 0 Å². The average molecular weight is 244 g/mol. The molecule has 1 aromatic heterocycles. The van der Waals surface area contributed by atoms with Crippen molar-refractivity contribution >= 4 is 0 Å². The van der Waals surface area contributed by atoms with Crippen molar-refractivity contribution in [2.24, 2.45) is 0 Å². The van der Waals surface area contributed by atoms with Gasteiger partial charge in [-0.05, 0) is 23.8 Å². The molecule has 0 amide bonds. The van der Waals surface area contributed by atoms with Crippen molar-refractivity contribution in [2.75, 3.05) is 7.11 Å². The second-order valence-electron chi connectivity index (χ2n) is 3.93. The molecule has 2 rings (SSSR count). The van der Waals surface area contributed by atoms with Crippen molar-refractivity contribution in [1.29, 1.82) is 0 Å². The fourth-order valence-corrected chi connectivity index (χ4v) is 1.72. The minimum absolute atomic E-state index is 0.197. The van der Waals surface area contributed by atoms with Gasteiger partial charge in [-0.25, -0.2) is 0 Å². The Labute approximate surface area is 106 Å². The van der Waals surface area contributed by atoms with Gasteiger partial charge in [0.05, 0.1) is 7.11 Å². The van der Waals surface area contributed by atoms with E-state index in [0.29, 0.717) is 12.3 Å². The van der Waals surface area contributed by atoms with Crippen LogP contribution < -0.4 is 10.1 Å². The summed E-state index contributed by atoms with van der Waals surface area (Å²) >= 11 is 0. The first kappa shape index (κ1) is 12.4. The molecule has 0 aliphatic rings. The molecule has 0 aliphatic carbocycles. The molecule has 18 heavy (non-hydrogen) atoms. The summed E-state index contributed by atoms with van der Waals surface area (Å²) in [6.45, 7) is 1.32. The van der Waals surface area contributed by atoms with Crippen molar-refractivity contribution in [2.45, 2.75) is 13.1 Å². The van der Waals surface area contributed by atoms with Gasteiger partial charge in [-0.15, -0.1) is 0 Å². The molecular weight excluding hydrogens is 228 g/mol. The van der Waals surface area contributed by atoms with Crippen LogP contribution in [0.1, 0.15) is 11.1 Å². The first-order chi connectivity index (χ1) is 8.81. The lowest BCUT2D eigenvalue weighted by atomic mass is 10.2. The Morgan fingerprint density at radius 1 is 1.17 bits per heavy atom. The van der Waals surface area contributed by atoms with E-state index in [1.807, 2.05) is 24.3 Å². The van der Waals surface area contributed by atoms with Crippen LogP contribution in [0.25, 0.3) is 0 Å². The van der Waals surface area contributed by atoms with Crippen LogP contribution in [0.2, 0.25) is 0 Å². The van der Waals surface area contributed by atoms with Crippen LogP contribution in [0.3, 0.4) is 0 Å². The number of phenolic OH excluding ortho intramolecular Hbond substituents is 1. The molecule has 94 valence electrons. The monoisotopic (exact) mass is 244 g/mol. The molecule has 1 heterocycles. The fourth-order valence-electron chi connectivity index (χ4n) is 1.72. The number of methoxy groups -OCH3 is 1. The number of aromatic hydroxyl groups is 1. The third-order valence-electron chi connectivity index (χ3n) is 2.70. The van der Waals surface area contributed by atoms with Gasteiger partial charge in [-0.3, -0.25) is 4.98 Å². The van der Waals surface area contributed by atoms with E-state index >= 15 is 0 Å². The third-order valence-corrected chi connectivity index (χ3v) is 2.70. The fraction of sp³-hybridized carbons (Fsp3) is 0.214. The van der Waals surface area contributed by atoms with Crippen molar-refractivity contribution in [1.82, 2.24) is 10.3 Å². The number of hydrogen-bond donors (Lipinski definition) is 2. The quantitative estimate of drug-likeness (QED) is 0.845. The Bertz CT molecular complexity index is 500. The number of ether oxygens (including phenoxy) is 1. The van der Waals surface area contributed by atoms with Gasteiger partial charge in [0.25, 0.3) is 0 Å². The highest BCUT2D eigenvalue weighted by molar-refractivity contribution is 5.45. The van der Waals surface area contributed by atoms with Gasteiger partial charge in [0.15, 0.2) is 11.5 Å². The number of para-hydroxylation sites is 1. The molecule has 0 atom stereocenters. The molecule has 4 heteroatoms. The number of benzene rings is 1. The summed E-state index contributed by atoms with van der Waals surface area (Å²) in [5, 5.41) is 13.2. The third kappa shape index (κ3) is 2.99. The number of pyridine rings is 1. The number of nitrogens with one attached hydrogen (secondary N) is 1. The van der Waals surface area contributed by atoms with E-state index in [4.69, 9.17) is 4.74 Å². The van der Waals surface area contributed by atoms with Gasteiger partial charge in [-0.1, -0.05) is 12.1 Å². The lowest BCUT2D eigenvalue weighted by molar-refractivity contribution is 0.369. The summed E-state index contributed by atoms with van der Waals surface area (Å²) in [7, 11) is 1.54. The van der Waals surface area contributed by atoms with Gasteiger partial charge in [0, 0.05) is 31.0 Å². The molecule has 0 fully saturated rings. The van der Waals surface area contributed by atoms with Crippen LogP contribution in [-0.2, 0) is 13.1 Å². The van der Waals surface area contributed by atoms with E-state index in [2.05, 4.69) is 10.3 Å². The Morgan fingerprint density at radius 2 is 1.94 bits per heavy atom. The molecule has 2 N–H and O–H groups in total. The van der Waals surface area contributed by atoms with E-state index in [9.17, 15) is 5.11 Å². The zero-order chi connectivity index (χ0) is 12.8. The maximum absolute atomic E-state index is 9.91. The van der Waals surface area contributed by atoms with Crippen molar-refractivity contribution in [3.05, 3.63) is 53.9 Å². The predicted molar refractivity (Wildman–Crippen MR) is 69.4 cm³/mol. The Hall–Kier alpha value is -2.07. The number of rotatable bonds is 5. The maximum Gasteiger partial charge on any atom is 0.162 e. The highest BCUT2D eigenvalue weighted by atomic mass is 16.5. The minimum Gasteiger partial charge on any atom is -0.504 e. The van der Waals surface area contributed by atoms with Crippen LogP contribution in [0.4, 0.5) is 0 Å². The van der Waals surface area contributed by atoms with Gasteiger partial charge in [0.1, 0.15) is 0 Å². The van der Waals surface area contributed by atoms with Crippen LogP contribution in [-0.4, -0.2) is 17.2 Å². The smallest absolute Gasteiger partial charge is 0.162 e. The molecular formula is C14H16N2O2. The second-order valence-corrected chi connectivity index (χ2v) is 3.93.